The zero-order chi connectivity index (χ0) is 18.1. The number of likely N-dealkylation sites (tertiary alicyclic amines) is 1. The fourth-order valence-corrected chi connectivity index (χ4v) is 3.81. The molecule has 26 heavy (non-hydrogen) atoms. The third kappa shape index (κ3) is 3.23. The molecular weight excluding hydrogens is 328 g/mol. The quantitative estimate of drug-likeness (QED) is 0.920. The average Bonchev–Trinajstić information content (AvgIpc) is 3.41. The van der Waals surface area contributed by atoms with E-state index in [0.717, 1.165) is 32.4 Å². The van der Waals surface area contributed by atoms with Crippen molar-refractivity contribution >= 4 is 17.5 Å². The molecule has 1 N–H and O–H groups in total. The molecule has 1 aromatic heterocycles. The van der Waals surface area contributed by atoms with E-state index in [1.165, 1.54) is 12.0 Å². The monoisotopic (exact) mass is 352 g/mol. The summed E-state index contributed by atoms with van der Waals surface area (Å²) in [7, 11) is 1.75. The highest BCUT2D eigenvalue weighted by molar-refractivity contribution is 6.03. The Balaban J connectivity index is 1.46. The number of carbonyl (C=O) groups is 2. The lowest BCUT2D eigenvalue weighted by Crippen LogP contribution is -2.37. The molecule has 0 spiro atoms. The Hall–Kier alpha value is -2.63. The van der Waals surface area contributed by atoms with Crippen LogP contribution in [-0.2, 0) is 11.8 Å². The second-order valence-electron chi connectivity index (χ2n) is 7.23. The van der Waals surface area contributed by atoms with Crippen LogP contribution in [0.2, 0.25) is 0 Å². The second kappa shape index (κ2) is 6.94. The average molecular weight is 352 g/mol. The van der Waals surface area contributed by atoms with Gasteiger partial charge in [0.25, 0.3) is 5.91 Å². The molecule has 6 nitrogen and oxygen atoms in total. The van der Waals surface area contributed by atoms with Crippen molar-refractivity contribution in [3.05, 3.63) is 47.8 Å². The molecule has 2 aromatic rings. The summed E-state index contributed by atoms with van der Waals surface area (Å²) in [5.41, 5.74) is 2.19. The first-order chi connectivity index (χ1) is 12.6. The number of anilines is 1. The molecule has 2 amide bonds. The van der Waals surface area contributed by atoms with E-state index < -0.39 is 0 Å². The van der Waals surface area contributed by atoms with Crippen LogP contribution in [0.4, 0.5) is 5.69 Å². The Morgan fingerprint density at radius 2 is 1.85 bits per heavy atom. The molecule has 2 atom stereocenters. The van der Waals surface area contributed by atoms with E-state index in [4.69, 9.17) is 0 Å². The zero-order valence-corrected chi connectivity index (χ0v) is 15.0. The van der Waals surface area contributed by atoms with Gasteiger partial charge in [-0.25, -0.2) is 0 Å². The van der Waals surface area contributed by atoms with Gasteiger partial charge in [-0.3, -0.25) is 14.3 Å². The molecular formula is C20H24N4O2. The largest absolute Gasteiger partial charge is 0.337 e. The van der Waals surface area contributed by atoms with Crippen molar-refractivity contribution in [1.82, 2.24) is 14.7 Å². The van der Waals surface area contributed by atoms with Gasteiger partial charge < -0.3 is 10.2 Å². The predicted molar refractivity (Wildman–Crippen MR) is 98.9 cm³/mol. The standard InChI is InChI=1S/C20H24N4O2/c1-23-18(20(26)24-10-6-3-7-11-24)17(13-21-23)22-19(25)16-12-15(16)14-8-4-2-5-9-14/h2,4-5,8-9,13,15-16H,3,6-7,10-12H2,1H3,(H,22,25). The number of hydrogen-bond acceptors (Lipinski definition) is 3. The van der Waals surface area contributed by atoms with Crippen LogP contribution in [0.3, 0.4) is 0 Å². The normalized spacial score (nSPS) is 22.1. The van der Waals surface area contributed by atoms with E-state index in [1.54, 1.807) is 17.9 Å². The van der Waals surface area contributed by atoms with Crippen LogP contribution in [0.25, 0.3) is 0 Å². The van der Waals surface area contributed by atoms with Crippen LogP contribution in [-0.4, -0.2) is 39.6 Å². The first-order valence-electron chi connectivity index (χ1n) is 9.32. The highest BCUT2D eigenvalue weighted by Gasteiger charge is 2.44. The Morgan fingerprint density at radius 3 is 2.58 bits per heavy atom. The minimum Gasteiger partial charge on any atom is -0.337 e. The van der Waals surface area contributed by atoms with Gasteiger partial charge in [0.2, 0.25) is 5.91 Å². The van der Waals surface area contributed by atoms with Crippen LogP contribution in [0, 0.1) is 5.92 Å². The van der Waals surface area contributed by atoms with Crippen molar-refractivity contribution in [2.24, 2.45) is 13.0 Å². The summed E-state index contributed by atoms with van der Waals surface area (Å²) in [6, 6.07) is 10.1. The lowest BCUT2D eigenvalue weighted by Gasteiger charge is -2.27. The summed E-state index contributed by atoms with van der Waals surface area (Å²) in [5, 5.41) is 7.14. The first kappa shape index (κ1) is 16.8. The topological polar surface area (TPSA) is 67.2 Å². The highest BCUT2D eigenvalue weighted by atomic mass is 16.2. The maximum Gasteiger partial charge on any atom is 0.274 e. The summed E-state index contributed by atoms with van der Waals surface area (Å²) in [5.74, 6) is 0.166. The van der Waals surface area contributed by atoms with Crippen LogP contribution in [0.15, 0.2) is 36.5 Å². The summed E-state index contributed by atoms with van der Waals surface area (Å²) in [6.07, 6.45) is 5.67. The number of nitrogens with one attached hydrogen (secondary N) is 1. The second-order valence-corrected chi connectivity index (χ2v) is 7.23. The Kier molecular flexibility index (Phi) is 4.49. The molecule has 1 aromatic carbocycles. The van der Waals surface area contributed by atoms with E-state index in [9.17, 15) is 9.59 Å². The number of carbonyl (C=O) groups excluding carboxylic acids is 2. The summed E-state index contributed by atoms with van der Waals surface area (Å²) in [6.45, 7) is 1.55. The fraction of sp³-hybridized carbons (Fsp3) is 0.450. The number of hydrogen-bond donors (Lipinski definition) is 1. The minimum absolute atomic E-state index is 0.0282. The summed E-state index contributed by atoms with van der Waals surface area (Å²) < 4.78 is 1.56. The molecule has 1 aliphatic heterocycles. The maximum absolute atomic E-state index is 12.9. The number of benzene rings is 1. The molecule has 0 radical (unpaired) electrons. The van der Waals surface area contributed by atoms with Crippen LogP contribution < -0.4 is 5.32 Å². The molecule has 1 saturated carbocycles. The Bertz CT molecular complexity index is 808. The minimum atomic E-state index is -0.0459. The molecule has 2 unspecified atom stereocenters. The Morgan fingerprint density at radius 1 is 1.12 bits per heavy atom. The van der Waals surface area contributed by atoms with Gasteiger partial charge in [-0.1, -0.05) is 30.3 Å². The molecule has 1 saturated heterocycles. The fourth-order valence-electron chi connectivity index (χ4n) is 3.81. The van der Waals surface area contributed by atoms with Crippen molar-refractivity contribution < 1.29 is 9.59 Å². The van der Waals surface area contributed by atoms with Crippen LogP contribution in [0.5, 0.6) is 0 Å². The molecule has 1 aliphatic carbocycles. The van der Waals surface area contributed by atoms with E-state index in [-0.39, 0.29) is 23.7 Å². The zero-order valence-electron chi connectivity index (χ0n) is 15.0. The third-order valence-electron chi connectivity index (χ3n) is 5.40. The lowest BCUT2D eigenvalue weighted by atomic mass is 10.1. The van der Waals surface area contributed by atoms with Crippen molar-refractivity contribution in [3.8, 4) is 0 Å². The molecule has 2 aliphatic rings. The predicted octanol–water partition coefficient (Wildman–Crippen LogP) is 2.79. The van der Waals surface area contributed by atoms with Gasteiger partial charge in [-0.2, -0.15) is 5.10 Å². The van der Waals surface area contributed by atoms with Gasteiger partial charge in [-0.05, 0) is 37.2 Å². The van der Waals surface area contributed by atoms with Gasteiger partial charge in [0.05, 0.1) is 11.9 Å². The first-order valence-corrected chi connectivity index (χ1v) is 9.32. The lowest BCUT2D eigenvalue weighted by molar-refractivity contribution is -0.117. The van der Waals surface area contributed by atoms with Gasteiger partial charge in [0.1, 0.15) is 5.69 Å². The Labute approximate surface area is 153 Å². The third-order valence-corrected chi connectivity index (χ3v) is 5.40. The van der Waals surface area contributed by atoms with E-state index in [1.807, 2.05) is 23.1 Å². The molecule has 6 heteroatoms. The van der Waals surface area contributed by atoms with Crippen molar-refractivity contribution in [2.75, 3.05) is 18.4 Å². The number of nitrogens with zero attached hydrogens (tertiary/aromatic N) is 3. The van der Waals surface area contributed by atoms with Gasteiger partial charge in [-0.15, -0.1) is 0 Å². The molecule has 2 fully saturated rings. The number of piperidine rings is 1. The van der Waals surface area contributed by atoms with E-state index in [0.29, 0.717) is 11.4 Å². The summed E-state index contributed by atoms with van der Waals surface area (Å²) >= 11 is 0. The van der Waals surface area contributed by atoms with E-state index >= 15 is 0 Å². The van der Waals surface area contributed by atoms with Crippen LogP contribution in [0.1, 0.15) is 47.7 Å². The number of amides is 2. The van der Waals surface area contributed by atoms with Crippen molar-refractivity contribution in [3.63, 3.8) is 0 Å². The molecule has 2 heterocycles. The highest BCUT2D eigenvalue weighted by Crippen LogP contribution is 2.48. The maximum atomic E-state index is 12.9. The number of aromatic nitrogens is 2. The summed E-state index contributed by atoms with van der Waals surface area (Å²) in [4.78, 5) is 27.4. The smallest absolute Gasteiger partial charge is 0.274 e. The number of rotatable bonds is 4. The molecule has 136 valence electrons. The van der Waals surface area contributed by atoms with Gasteiger partial charge in [0.15, 0.2) is 0 Å². The van der Waals surface area contributed by atoms with E-state index in [2.05, 4.69) is 22.5 Å². The number of aryl methyl sites for hydroxylation is 1. The van der Waals surface area contributed by atoms with Gasteiger partial charge >= 0.3 is 0 Å². The SMILES string of the molecule is Cn1ncc(NC(=O)C2CC2c2ccccc2)c1C(=O)N1CCCCC1. The van der Waals surface area contributed by atoms with Crippen molar-refractivity contribution in [1.29, 1.82) is 0 Å². The van der Waals surface area contributed by atoms with Gasteiger partial charge in [0, 0.05) is 26.1 Å². The molecule has 4 rings (SSSR count). The molecule has 0 bridgehead atoms. The van der Waals surface area contributed by atoms with Crippen LogP contribution >= 0.6 is 0 Å². The van der Waals surface area contributed by atoms with Crippen molar-refractivity contribution in [2.45, 2.75) is 31.6 Å².